The van der Waals surface area contributed by atoms with Crippen molar-refractivity contribution in [1.82, 2.24) is 0 Å². The number of allylic oxidation sites excluding steroid dienone is 2. The van der Waals surface area contributed by atoms with Crippen molar-refractivity contribution in [3.8, 4) is 0 Å². The van der Waals surface area contributed by atoms with E-state index in [2.05, 4.69) is 0 Å². The molecule has 0 N–H and O–H groups in total. The van der Waals surface area contributed by atoms with Gasteiger partial charge in [-0.2, -0.15) is 0 Å². The molecule has 3 rings (SSSR count). The SMILES string of the molecule is CC(C)=C1C(=O)OC(=O)/C1=C1\CCCCc2c(C)oc(C)c21. The van der Waals surface area contributed by atoms with Gasteiger partial charge in [-0.1, -0.05) is 5.57 Å². The Morgan fingerprint density at radius 2 is 1.64 bits per heavy atom. The molecule has 1 aromatic heterocycles. The van der Waals surface area contributed by atoms with Crippen LogP contribution in [-0.2, 0) is 20.7 Å². The molecule has 1 saturated heterocycles. The van der Waals surface area contributed by atoms with Crippen LogP contribution in [-0.4, -0.2) is 11.9 Å². The lowest BCUT2D eigenvalue weighted by molar-refractivity contribution is -0.149. The predicted octanol–water partition coefficient (Wildman–Crippen LogP) is 3.80. The lowest BCUT2D eigenvalue weighted by Crippen LogP contribution is -2.02. The number of carbonyl (C=O) groups is 2. The van der Waals surface area contributed by atoms with Crippen molar-refractivity contribution >= 4 is 17.5 Å². The minimum Gasteiger partial charge on any atom is -0.466 e. The predicted molar refractivity (Wildman–Crippen MR) is 82.1 cm³/mol. The van der Waals surface area contributed by atoms with E-state index in [4.69, 9.17) is 9.15 Å². The highest BCUT2D eigenvalue weighted by molar-refractivity contribution is 6.22. The maximum absolute atomic E-state index is 12.3. The molecular weight excluding hydrogens is 280 g/mol. The number of esters is 2. The van der Waals surface area contributed by atoms with Crippen LogP contribution in [0.1, 0.15) is 55.8 Å². The molecule has 1 aromatic rings. The van der Waals surface area contributed by atoms with Crippen molar-refractivity contribution in [2.75, 3.05) is 0 Å². The molecule has 116 valence electrons. The van der Waals surface area contributed by atoms with Gasteiger partial charge in [0.05, 0.1) is 11.1 Å². The Kier molecular flexibility index (Phi) is 3.55. The fraction of sp³-hybridized carbons (Fsp3) is 0.444. The number of rotatable bonds is 0. The molecule has 0 aromatic carbocycles. The van der Waals surface area contributed by atoms with Crippen LogP contribution in [0.2, 0.25) is 0 Å². The van der Waals surface area contributed by atoms with E-state index < -0.39 is 11.9 Å². The number of hydrogen-bond donors (Lipinski definition) is 0. The van der Waals surface area contributed by atoms with E-state index in [1.54, 1.807) is 0 Å². The molecule has 2 aliphatic rings. The van der Waals surface area contributed by atoms with Gasteiger partial charge in [-0.25, -0.2) is 9.59 Å². The maximum Gasteiger partial charge on any atom is 0.347 e. The largest absolute Gasteiger partial charge is 0.466 e. The van der Waals surface area contributed by atoms with Crippen LogP contribution in [0.25, 0.3) is 5.57 Å². The van der Waals surface area contributed by atoms with Gasteiger partial charge in [-0.15, -0.1) is 0 Å². The molecule has 0 radical (unpaired) electrons. The Balaban J connectivity index is 2.33. The van der Waals surface area contributed by atoms with Gasteiger partial charge in [0.15, 0.2) is 0 Å². The number of aryl methyl sites for hydroxylation is 2. The third-order valence-corrected chi connectivity index (χ3v) is 4.44. The summed E-state index contributed by atoms with van der Waals surface area (Å²) in [7, 11) is 0. The van der Waals surface area contributed by atoms with Crippen molar-refractivity contribution < 1.29 is 18.7 Å². The Hall–Kier alpha value is -2.10. The normalized spacial score (nSPS) is 21.7. The highest BCUT2D eigenvalue weighted by Gasteiger charge is 2.38. The van der Waals surface area contributed by atoms with Gasteiger partial charge in [0, 0.05) is 11.1 Å². The van der Waals surface area contributed by atoms with Crippen molar-refractivity contribution in [2.24, 2.45) is 0 Å². The molecule has 22 heavy (non-hydrogen) atoms. The second kappa shape index (κ2) is 5.27. The standard InChI is InChI=1S/C18H20O4/c1-9(2)14-16(18(20)22-17(14)19)13-8-6-5-7-12-10(3)21-11(4)15(12)13/h5-8H2,1-4H3/b16-13+. The van der Waals surface area contributed by atoms with Crippen molar-refractivity contribution in [1.29, 1.82) is 0 Å². The van der Waals surface area contributed by atoms with Crippen LogP contribution in [0.15, 0.2) is 21.1 Å². The zero-order valence-corrected chi connectivity index (χ0v) is 13.5. The second-order valence-electron chi connectivity index (χ2n) is 6.18. The Morgan fingerprint density at radius 3 is 2.32 bits per heavy atom. The average molecular weight is 300 g/mol. The van der Waals surface area contributed by atoms with E-state index in [0.717, 1.165) is 59.5 Å². The van der Waals surface area contributed by atoms with E-state index in [0.29, 0.717) is 11.1 Å². The van der Waals surface area contributed by atoms with Gasteiger partial charge >= 0.3 is 11.9 Å². The molecule has 1 fully saturated rings. The molecule has 0 unspecified atom stereocenters. The molecule has 0 amide bonds. The second-order valence-corrected chi connectivity index (χ2v) is 6.18. The fourth-order valence-corrected chi connectivity index (χ4v) is 3.52. The van der Waals surface area contributed by atoms with Gasteiger partial charge in [-0.05, 0) is 59.0 Å². The summed E-state index contributed by atoms with van der Waals surface area (Å²) in [4.78, 5) is 24.3. The Morgan fingerprint density at radius 1 is 0.955 bits per heavy atom. The number of fused-ring (bicyclic) bond motifs is 1. The molecule has 0 saturated carbocycles. The van der Waals surface area contributed by atoms with Gasteiger partial charge < -0.3 is 9.15 Å². The van der Waals surface area contributed by atoms with Crippen LogP contribution in [0.4, 0.5) is 0 Å². The monoisotopic (exact) mass is 300 g/mol. The van der Waals surface area contributed by atoms with Gasteiger partial charge in [0.1, 0.15) is 11.5 Å². The lowest BCUT2D eigenvalue weighted by atomic mass is 9.90. The van der Waals surface area contributed by atoms with Gasteiger partial charge in [0.2, 0.25) is 0 Å². The summed E-state index contributed by atoms with van der Waals surface area (Å²) in [5.74, 6) is 0.666. The van der Waals surface area contributed by atoms with E-state index in [1.165, 1.54) is 0 Å². The zero-order chi connectivity index (χ0) is 16.0. The van der Waals surface area contributed by atoms with Crippen LogP contribution in [0, 0.1) is 13.8 Å². The fourth-order valence-electron chi connectivity index (χ4n) is 3.52. The van der Waals surface area contributed by atoms with Crippen molar-refractivity contribution in [3.63, 3.8) is 0 Å². The molecule has 0 atom stereocenters. The number of ether oxygens (including phenoxy) is 1. The molecule has 0 spiro atoms. The smallest absolute Gasteiger partial charge is 0.347 e. The van der Waals surface area contributed by atoms with Crippen LogP contribution in [0.3, 0.4) is 0 Å². The van der Waals surface area contributed by atoms with Crippen LogP contribution in [0.5, 0.6) is 0 Å². The molecule has 4 heteroatoms. The molecule has 2 heterocycles. The summed E-state index contributed by atoms with van der Waals surface area (Å²) in [6.45, 7) is 7.54. The Labute approximate surface area is 129 Å². The van der Waals surface area contributed by atoms with E-state index in [1.807, 2.05) is 27.7 Å². The quantitative estimate of drug-likeness (QED) is 0.316. The van der Waals surface area contributed by atoms with Gasteiger partial charge in [-0.3, -0.25) is 0 Å². The summed E-state index contributed by atoms with van der Waals surface area (Å²) in [5.41, 5.74) is 4.76. The number of hydrogen-bond acceptors (Lipinski definition) is 4. The minimum atomic E-state index is -0.531. The molecular formula is C18H20O4. The van der Waals surface area contributed by atoms with Crippen LogP contribution >= 0.6 is 0 Å². The molecule has 4 nitrogen and oxygen atoms in total. The van der Waals surface area contributed by atoms with E-state index in [9.17, 15) is 9.59 Å². The molecule has 1 aliphatic carbocycles. The summed E-state index contributed by atoms with van der Waals surface area (Å²) >= 11 is 0. The van der Waals surface area contributed by atoms with Crippen LogP contribution < -0.4 is 0 Å². The highest BCUT2D eigenvalue weighted by Crippen LogP contribution is 2.41. The average Bonchev–Trinajstić information content (AvgIpc) is 2.78. The third kappa shape index (κ3) is 2.14. The van der Waals surface area contributed by atoms with E-state index >= 15 is 0 Å². The van der Waals surface area contributed by atoms with Crippen molar-refractivity contribution in [3.05, 3.63) is 39.4 Å². The van der Waals surface area contributed by atoms with E-state index in [-0.39, 0.29) is 0 Å². The number of furan rings is 1. The molecule has 1 aliphatic heterocycles. The van der Waals surface area contributed by atoms with Crippen molar-refractivity contribution in [2.45, 2.75) is 53.4 Å². The summed E-state index contributed by atoms with van der Waals surface area (Å²) in [6.07, 6.45) is 3.75. The lowest BCUT2D eigenvalue weighted by Gasteiger charge is -2.09. The third-order valence-electron chi connectivity index (χ3n) is 4.44. The molecule has 0 bridgehead atoms. The summed E-state index contributed by atoms with van der Waals surface area (Å²) in [6, 6.07) is 0. The zero-order valence-electron chi connectivity index (χ0n) is 13.5. The van der Waals surface area contributed by atoms with Gasteiger partial charge in [0.25, 0.3) is 0 Å². The Bertz CT molecular complexity index is 739. The minimum absolute atomic E-state index is 0.422. The summed E-state index contributed by atoms with van der Waals surface area (Å²) in [5, 5.41) is 0. The number of cyclic esters (lactones) is 2. The summed E-state index contributed by atoms with van der Waals surface area (Å²) < 4.78 is 10.7. The first-order chi connectivity index (χ1) is 10.4. The first kappa shape index (κ1) is 14.8. The first-order valence-electron chi connectivity index (χ1n) is 7.68. The highest BCUT2D eigenvalue weighted by atomic mass is 16.6. The number of carbonyl (C=O) groups excluding carboxylic acids is 2. The first-order valence-corrected chi connectivity index (χ1v) is 7.68. The maximum atomic E-state index is 12.3. The topological polar surface area (TPSA) is 56.5 Å².